The van der Waals surface area contributed by atoms with Crippen molar-refractivity contribution in [3.8, 4) is 0 Å². The molecule has 0 saturated carbocycles. The monoisotopic (exact) mass is 249 g/mol. The highest BCUT2D eigenvalue weighted by Gasteiger charge is 2.38. The summed E-state index contributed by atoms with van der Waals surface area (Å²) in [5.41, 5.74) is 0.959. The Hall–Kier alpha value is -1.26. The van der Waals surface area contributed by atoms with Crippen LogP contribution in [0.15, 0.2) is 24.3 Å². The van der Waals surface area contributed by atoms with Crippen LogP contribution in [0.1, 0.15) is 18.4 Å². The van der Waals surface area contributed by atoms with Gasteiger partial charge in [0, 0.05) is 31.5 Å². The number of Topliss-reactive ketones (excluding diaryl/α,β-unsaturated/α-hetero) is 1. The molecule has 4 heteroatoms. The van der Waals surface area contributed by atoms with Gasteiger partial charge in [-0.3, -0.25) is 9.69 Å². The zero-order valence-corrected chi connectivity index (χ0v) is 10.1. The average molecular weight is 249 g/mol. The van der Waals surface area contributed by atoms with E-state index in [0.29, 0.717) is 38.4 Å². The van der Waals surface area contributed by atoms with Gasteiger partial charge in [0.2, 0.25) is 0 Å². The lowest BCUT2D eigenvalue weighted by Gasteiger charge is -2.45. The van der Waals surface area contributed by atoms with Gasteiger partial charge < -0.3 is 4.74 Å². The summed E-state index contributed by atoms with van der Waals surface area (Å²) in [6.07, 6.45) is 1.12. The van der Waals surface area contributed by atoms with Gasteiger partial charge in [0.25, 0.3) is 0 Å². The lowest BCUT2D eigenvalue weighted by molar-refractivity contribution is -0.136. The van der Waals surface area contributed by atoms with Gasteiger partial charge in [-0.05, 0) is 17.7 Å². The highest BCUT2D eigenvalue weighted by Crippen LogP contribution is 2.27. The second-order valence-electron chi connectivity index (χ2n) is 5.09. The molecule has 3 rings (SSSR count). The predicted molar refractivity (Wildman–Crippen MR) is 64.6 cm³/mol. The Labute approximate surface area is 106 Å². The minimum Gasteiger partial charge on any atom is -0.378 e. The summed E-state index contributed by atoms with van der Waals surface area (Å²) in [5.74, 6) is 0.116. The molecule has 0 N–H and O–H groups in total. The van der Waals surface area contributed by atoms with E-state index in [1.54, 1.807) is 12.1 Å². The molecule has 18 heavy (non-hydrogen) atoms. The van der Waals surface area contributed by atoms with Gasteiger partial charge >= 0.3 is 0 Å². The Morgan fingerprint density at radius 3 is 2.67 bits per heavy atom. The molecule has 2 saturated heterocycles. The molecule has 3 nitrogen and oxygen atoms in total. The third kappa shape index (κ3) is 2.31. The number of hydrogen-bond acceptors (Lipinski definition) is 3. The first-order chi connectivity index (χ1) is 8.72. The number of morpholine rings is 1. The van der Waals surface area contributed by atoms with Crippen molar-refractivity contribution >= 4 is 5.78 Å². The van der Waals surface area contributed by atoms with Crippen LogP contribution in [0.2, 0.25) is 0 Å². The van der Waals surface area contributed by atoms with Crippen LogP contribution >= 0.6 is 0 Å². The average Bonchev–Trinajstić information content (AvgIpc) is 2.30. The molecular formula is C14H16FNO2. The number of halogens is 1. The number of piperidine rings is 1. The first-order valence-electron chi connectivity index (χ1n) is 6.32. The van der Waals surface area contributed by atoms with Crippen molar-refractivity contribution < 1.29 is 13.9 Å². The maximum absolute atomic E-state index is 13.2. The maximum atomic E-state index is 13.2. The van der Waals surface area contributed by atoms with E-state index in [1.165, 1.54) is 6.07 Å². The van der Waals surface area contributed by atoms with Crippen LogP contribution < -0.4 is 0 Å². The molecule has 2 unspecified atom stereocenters. The zero-order chi connectivity index (χ0) is 12.5. The molecule has 2 bridgehead atoms. The van der Waals surface area contributed by atoms with Crippen LogP contribution in [0, 0.1) is 5.82 Å². The number of fused-ring (bicyclic) bond motifs is 2. The fourth-order valence-electron chi connectivity index (χ4n) is 2.90. The van der Waals surface area contributed by atoms with Crippen LogP contribution in [0.5, 0.6) is 0 Å². The second-order valence-corrected chi connectivity index (χ2v) is 5.09. The molecule has 96 valence electrons. The molecule has 0 amide bonds. The Bertz CT molecular complexity index is 447. The number of ketones is 1. The first-order valence-corrected chi connectivity index (χ1v) is 6.32. The Balaban J connectivity index is 1.77. The van der Waals surface area contributed by atoms with Crippen molar-refractivity contribution in [3.05, 3.63) is 35.6 Å². The lowest BCUT2D eigenvalue weighted by Crippen LogP contribution is -2.56. The fraction of sp³-hybridized carbons (Fsp3) is 0.500. The van der Waals surface area contributed by atoms with Crippen LogP contribution in [-0.4, -0.2) is 36.0 Å². The second kappa shape index (κ2) is 4.78. The van der Waals surface area contributed by atoms with E-state index in [0.717, 1.165) is 5.56 Å². The van der Waals surface area contributed by atoms with Gasteiger partial charge in [0.1, 0.15) is 11.6 Å². The van der Waals surface area contributed by atoms with E-state index in [-0.39, 0.29) is 17.9 Å². The van der Waals surface area contributed by atoms with Gasteiger partial charge in [0.15, 0.2) is 0 Å². The van der Waals surface area contributed by atoms with E-state index < -0.39 is 0 Å². The molecule has 1 aromatic carbocycles. The van der Waals surface area contributed by atoms with Gasteiger partial charge in [-0.15, -0.1) is 0 Å². The summed E-state index contributed by atoms with van der Waals surface area (Å²) in [4.78, 5) is 13.9. The Kier molecular flexibility index (Phi) is 3.14. The van der Waals surface area contributed by atoms with Crippen LogP contribution in [0.25, 0.3) is 0 Å². The van der Waals surface area contributed by atoms with Gasteiger partial charge in [-0.1, -0.05) is 12.1 Å². The third-order valence-electron chi connectivity index (χ3n) is 3.74. The highest BCUT2D eigenvalue weighted by atomic mass is 19.1. The lowest BCUT2D eigenvalue weighted by atomic mass is 9.92. The molecule has 0 spiro atoms. The highest BCUT2D eigenvalue weighted by molar-refractivity contribution is 5.80. The van der Waals surface area contributed by atoms with Crippen molar-refractivity contribution in [3.63, 3.8) is 0 Å². The molecular weight excluding hydrogens is 233 g/mol. The minimum absolute atomic E-state index is 0.160. The van der Waals surface area contributed by atoms with Gasteiger partial charge in [-0.25, -0.2) is 4.39 Å². The van der Waals surface area contributed by atoms with Gasteiger partial charge in [-0.2, -0.15) is 0 Å². The van der Waals surface area contributed by atoms with Gasteiger partial charge in [0.05, 0.1) is 13.2 Å². The number of carbonyl (C=O) groups is 1. The standard InChI is InChI=1S/C14H16FNO2/c15-11-3-1-2-10(4-11)7-16-12-5-14(17)6-13(16)9-18-8-12/h1-4,12-13H,5-9H2. The number of benzene rings is 1. The fourth-order valence-corrected chi connectivity index (χ4v) is 2.90. The van der Waals surface area contributed by atoms with Crippen molar-refractivity contribution in [2.75, 3.05) is 13.2 Å². The van der Waals surface area contributed by atoms with Crippen LogP contribution in [0.4, 0.5) is 4.39 Å². The first kappa shape index (κ1) is 11.8. The third-order valence-corrected chi connectivity index (χ3v) is 3.74. The van der Waals surface area contributed by atoms with E-state index in [1.807, 2.05) is 6.07 Å². The van der Waals surface area contributed by atoms with Crippen LogP contribution in [-0.2, 0) is 16.1 Å². The van der Waals surface area contributed by atoms with Crippen molar-refractivity contribution in [1.29, 1.82) is 0 Å². The molecule has 0 aromatic heterocycles. The summed E-state index contributed by atoms with van der Waals surface area (Å²) in [6.45, 7) is 1.92. The topological polar surface area (TPSA) is 29.5 Å². The molecule has 2 aliphatic rings. The van der Waals surface area contributed by atoms with E-state index >= 15 is 0 Å². The number of nitrogens with zero attached hydrogens (tertiary/aromatic N) is 1. The molecule has 2 aliphatic heterocycles. The summed E-state index contributed by atoms with van der Waals surface area (Å²) in [5, 5.41) is 0. The van der Waals surface area contributed by atoms with Crippen molar-refractivity contribution in [2.24, 2.45) is 0 Å². The normalized spacial score (nSPS) is 28.4. The number of rotatable bonds is 2. The van der Waals surface area contributed by atoms with E-state index in [4.69, 9.17) is 4.74 Å². The summed E-state index contributed by atoms with van der Waals surface area (Å²) in [6, 6.07) is 6.99. The molecule has 2 heterocycles. The Morgan fingerprint density at radius 1 is 1.28 bits per heavy atom. The quantitative estimate of drug-likeness (QED) is 0.800. The summed E-state index contributed by atoms with van der Waals surface area (Å²) in [7, 11) is 0. The SMILES string of the molecule is O=C1CC2COCC(C1)N2Cc1cccc(F)c1. The number of ether oxygens (including phenoxy) is 1. The number of hydrogen-bond donors (Lipinski definition) is 0. The van der Waals surface area contributed by atoms with Crippen molar-refractivity contribution in [1.82, 2.24) is 4.90 Å². The maximum Gasteiger partial charge on any atom is 0.136 e. The zero-order valence-electron chi connectivity index (χ0n) is 10.1. The van der Waals surface area contributed by atoms with Crippen molar-refractivity contribution in [2.45, 2.75) is 31.5 Å². The van der Waals surface area contributed by atoms with E-state index in [9.17, 15) is 9.18 Å². The molecule has 0 aliphatic carbocycles. The summed E-state index contributed by atoms with van der Waals surface area (Å²) >= 11 is 0. The Morgan fingerprint density at radius 2 is 2.00 bits per heavy atom. The van der Waals surface area contributed by atoms with Crippen LogP contribution in [0.3, 0.4) is 0 Å². The predicted octanol–water partition coefficient (Wildman–Crippen LogP) is 1.76. The largest absolute Gasteiger partial charge is 0.378 e. The molecule has 2 fully saturated rings. The molecule has 1 aromatic rings. The molecule has 2 atom stereocenters. The number of carbonyl (C=O) groups excluding carboxylic acids is 1. The van der Waals surface area contributed by atoms with E-state index in [2.05, 4.69) is 4.90 Å². The minimum atomic E-state index is -0.206. The molecule has 0 radical (unpaired) electrons. The smallest absolute Gasteiger partial charge is 0.136 e. The summed E-state index contributed by atoms with van der Waals surface area (Å²) < 4.78 is 18.7.